The lowest BCUT2D eigenvalue weighted by atomic mass is 10.2. The van der Waals surface area contributed by atoms with Crippen molar-refractivity contribution in [1.29, 1.82) is 0 Å². The minimum atomic E-state index is -0.710. The molecule has 92 valence electrons. The van der Waals surface area contributed by atoms with Crippen LogP contribution in [0.4, 0.5) is 10.1 Å². The van der Waals surface area contributed by atoms with Gasteiger partial charge in [0, 0.05) is 11.6 Å². The number of nitro groups is 1. The molecule has 0 bridgehead atoms. The van der Waals surface area contributed by atoms with Gasteiger partial charge in [-0.25, -0.2) is 9.97 Å². The first-order valence-electron chi connectivity index (χ1n) is 4.96. The van der Waals surface area contributed by atoms with Crippen LogP contribution in [0.25, 0.3) is 0 Å². The van der Waals surface area contributed by atoms with Crippen LogP contribution < -0.4 is 4.74 Å². The van der Waals surface area contributed by atoms with E-state index in [9.17, 15) is 14.5 Å². The quantitative estimate of drug-likeness (QED) is 0.474. The van der Waals surface area contributed by atoms with E-state index in [4.69, 9.17) is 4.74 Å². The molecule has 0 atom stereocenters. The predicted octanol–water partition coefficient (Wildman–Crippen LogP) is 2.62. The van der Waals surface area contributed by atoms with E-state index in [1.54, 1.807) is 6.92 Å². The van der Waals surface area contributed by atoms with Crippen LogP contribution in [-0.2, 0) is 0 Å². The van der Waals surface area contributed by atoms with E-state index >= 15 is 0 Å². The number of hydrogen-bond acceptors (Lipinski definition) is 5. The van der Waals surface area contributed by atoms with E-state index in [2.05, 4.69) is 9.97 Å². The first kappa shape index (κ1) is 11.9. The van der Waals surface area contributed by atoms with Crippen molar-refractivity contribution in [3.8, 4) is 11.6 Å². The molecule has 0 aliphatic heterocycles. The molecule has 0 fully saturated rings. The predicted molar refractivity (Wildman–Crippen MR) is 59.9 cm³/mol. The molecule has 0 spiro atoms. The Bertz CT molecular complexity index is 604. The first-order valence-corrected chi connectivity index (χ1v) is 4.96. The topological polar surface area (TPSA) is 78.2 Å². The molecule has 1 aromatic carbocycles. The van der Waals surface area contributed by atoms with Gasteiger partial charge in [-0.1, -0.05) is 0 Å². The number of aryl methyl sites for hydroxylation is 1. The third-order valence-electron chi connectivity index (χ3n) is 2.20. The Morgan fingerprint density at radius 2 is 2.11 bits per heavy atom. The number of nitrogens with zero attached hydrogens (tertiary/aromatic N) is 3. The van der Waals surface area contributed by atoms with Crippen LogP contribution >= 0.6 is 0 Å². The molecule has 2 rings (SSSR count). The fourth-order valence-electron chi connectivity index (χ4n) is 1.39. The van der Waals surface area contributed by atoms with Crippen molar-refractivity contribution < 1.29 is 14.1 Å². The minimum Gasteiger partial charge on any atom is -0.439 e. The number of ether oxygens (including phenoxy) is 1. The molecule has 0 N–H and O–H groups in total. The first-order chi connectivity index (χ1) is 8.56. The van der Waals surface area contributed by atoms with Crippen LogP contribution in [0.2, 0.25) is 0 Å². The Morgan fingerprint density at radius 1 is 1.33 bits per heavy atom. The molecule has 1 heterocycles. The summed E-state index contributed by atoms with van der Waals surface area (Å²) in [5, 5.41) is 10.6. The average molecular weight is 249 g/mol. The number of hydrogen-bond donors (Lipinski definition) is 0. The second kappa shape index (κ2) is 4.74. The number of nitro benzene ring substituents is 1. The summed E-state index contributed by atoms with van der Waals surface area (Å²) in [7, 11) is 0. The Balaban J connectivity index is 2.25. The van der Waals surface area contributed by atoms with Crippen LogP contribution in [0.5, 0.6) is 11.6 Å². The second-order valence-corrected chi connectivity index (χ2v) is 3.49. The van der Waals surface area contributed by atoms with Crippen molar-refractivity contribution in [2.24, 2.45) is 0 Å². The summed E-state index contributed by atoms with van der Waals surface area (Å²) in [5.41, 5.74) is 0.447. The zero-order valence-corrected chi connectivity index (χ0v) is 9.33. The van der Waals surface area contributed by atoms with Gasteiger partial charge < -0.3 is 4.74 Å². The largest absolute Gasteiger partial charge is 0.439 e. The van der Waals surface area contributed by atoms with Crippen molar-refractivity contribution in [3.63, 3.8) is 0 Å². The molecule has 7 heteroatoms. The second-order valence-electron chi connectivity index (χ2n) is 3.49. The molecule has 0 radical (unpaired) electrons. The summed E-state index contributed by atoms with van der Waals surface area (Å²) >= 11 is 0. The molecule has 1 aromatic heterocycles. The Labute approximate surface area is 101 Å². The highest BCUT2D eigenvalue weighted by atomic mass is 19.1. The average Bonchev–Trinajstić information content (AvgIpc) is 2.28. The summed E-state index contributed by atoms with van der Waals surface area (Å²) < 4.78 is 18.1. The zero-order chi connectivity index (χ0) is 13.1. The van der Waals surface area contributed by atoms with Crippen LogP contribution in [0.15, 0.2) is 30.6 Å². The maximum absolute atomic E-state index is 12.8. The Morgan fingerprint density at radius 3 is 2.72 bits per heavy atom. The molecule has 0 amide bonds. The van der Waals surface area contributed by atoms with E-state index in [-0.39, 0.29) is 11.6 Å². The Hall–Kier alpha value is -2.57. The normalized spacial score (nSPS) is 10.1. The van der Waals surface area contributed by atoms with Gasteiger partial charge in [0.15, 0.2) is 0 Å². The van der Waals surface area contributed by atoms with Gasteiger partial charge in [-0.05, 0) is 19.1 Å². The van der Waals surface area contributed by atoms with E-state index in [1.165, 1.54) is 18.2 Å². The van der Waals surface area contributed by atoms with Crippen LogP contribution in [0, 0.1) is 23.0 Å². The van der Waals surface area contributed by atoms with Gasteiger partial charge in [0.1, 0.15) is 12.1 Å². The van der Waals surface area contributed by atoms with Crippen LogP contribution in [-0.4, -0.2) is 14.9 Å². The summed E-state index contributed by atoms with van der Waals surface area (Å²) in [6.45, 7) is 1.59. The highest BCUT2D eigenvalue weighted by Gasteiger charge is 2.11. The van der Waals surface area contributed by atoms with Gasteiger partial charge in [-0.2, -0.15) is 4.39 Å². The SMILES string of the molecule is Cc1cc(Oc2cc(F)ncn2)ccc1[N+](=O)[O-]. The van der Waals surface area contributed by atoms with Gasteiger partial charge in [0.25, 0.3) is 5.69 Å². The number of benzene rings is 1. The van der Waals surface area contributed by atoms with Gasteiger partial charge in [-0.15, -0.1) is 0 Å². The van der Waals surface area contributed by atoms with Gasteiger partial charge in [-0.3, -0.25) is 10.1 Å². The van der Waals surface area contributed by atoms with Crippen LogP contribution in [0.3, 0.4) is 0 Å². The Kier molecular flexibility index (Phi) is 3.13. The summed E-state index contributed by atoms with van der Waals surface area (Å²) in [4.78, 5) is 17.2. The number of aromatic nitrogens is 2. The van der Waals surface area contributed by atoms with Crippen molar-refractivity contribution >= 4 is 5.69 Å². The molecule has 0 saturated heterocycles. The summed E-state index contributed by atoms with van der Waals surface area (Å²) in [5.74, 6) is -0.328. The van der Waals surface area contributed by atoms with Crippen molar-refractivity contribution in [1.82, 2.24) is 9.97 Å². The van der Waals surface area contributed by atoms with Gasteiger partial charge in [0.2, 0.25) is 11.8 Å². The van der Waals surface area contributed by atoms with Gasteiger partial charge in [0.05, 0.1) is 11.0 Å². The summed E-state index contributed by atoms with van der Waals surface area (Å²) in [6.07, 6.45) is 1.03. The van der Waals surface area contributed by atoms with E-state index < -0.39 is 10.9 Å². The molecular formula is C11H8FN3O3. The third kappa shape index (κ3) is 2.57. The van der Waals surface area contributed by atoms with E-state index in [0.717, 1.165) is 12.4 Å². The standard InChI is InChI=1S/C11H8FN3O3/c1-7-4-8(2-3-9(7)15(16)17)18-11-5-10(12)13-6-14-11/h2-6H,1H3. The van der Waals surface area contributed by atoms with Crippen molar-refractivity contribution in [2.45, 2.75) is 6.92 Å². The minimum absolute atomic E-state index is 0.00350. The van der Waals surface area contributed by atoms with Gasteiger partial charge >= 0.3 is 0 Å². The van der Waals surface area contributed by atoms with E-state index in [1.807, 2.05) is 0 Å². The maximum Gasteiger partial charge on any atom is 0.272 e. The smallest absolute Gasteiger partial charge is 0.272 e. The molecule has 18 heavy (non-hydrogen) atoms. The third-order valence-corrected chi connectivity index (χ3v) is 2.20. The zero-order valence-electron chi connectivity index (χ0n) is 9.33. The molecule has 0 saturated carbocycles. The lowest BCUT2D eigenvalue weighted by Gasteiger charge is -2.05. The molecular weight excluding hydrogens is 241 g/mol. The maximum atomic E-state index is 12.8. The highest BCUT2D eigenvalue weighted by molar-refractivity contribution is 5.45. The number of halogens is 1. The molecule has 0 aliphatic carbocycles. The molecule has 6 nitrogen and oxygen atoms in total. The molecule has 2 aromatic rings. The molecule has 0 unspecified atom stereocenters. The van der Waals surface area contributed by atoms with Crippen LogP contribution in [0.1, 0.15) is 5.56 Å². The fraction of sp³-hybridized carbons (Fsp3) is 0.0909. The number of rotatable bonds is 3. The van der Waals surface area contributed by atoms with Crippen molar-refractivity contribution in [2.75, 3.05) is 0 Å². The monoisotopic (exact) mass is 249 g/mol. The lowest BCUT2D eigenvalue weighted by Crippen LogP contribution is -1.94. The van der Waals surface area contributed by atoms with E-state index in [0.29, 0.717) is 11.3 Å². The van der Waals surface area contributed by atoms with Crippen molar-refractivity contribution in [3.05, 3.63) is 52.2 Å². The fourth-order valence-corrected chi connectivity index (χ4v) is 1.39. The summed E-state index contributed by atoms with van der Waals surface area (Å²) in [6, 6.07) is 5.25. The molecule has 0 aliphatic rings. The lowest BCUT2D eigenvalue weighted by molar-refractivity contribution is -0.385. The highest BCUT2D eigenvalue weighted by Crippen LogP contribution is 2.26.